The maximum Gasteiger partial charge on any atom is 0.425 e. The van der Waals surface area contributed by atoms with Crippen LogP contribution in [0.3, 0.4) is 0 Å². The van der Waals surface area contributed by atoms with Crippen molar-refractivity contribution in [2.45, 2.75) is 13.1 Å². The molecule has 4 rings (SSSR count). The molecule has 3 aromatic rings. The summed E-state index contributed by atoms with van der Waals surface area (Å²) < 4.78 is 0.167. The molecule has 1 unspecified atom stereocenters. The average molecular weight is 393 g/mol. The molecule has 2 amide bonds. The zero-order chi connectivity index (χ0) is 19.6. The third kappa shape index (κ3) is 3.38. The number of hydrogen-bond acceptors (Lipinski definition) is 3. The number of aromatic amines is 1. The number of urea groups is 1. The summed E-state index contributed by atoms with van der Waals surface area (Å²) in [6.45, 7) is 2.28. The number of H-pyrrole nitrogens is 1. The highest BCUT2D eigenvalue weighted by Crippen LogP contribution is 2.34. The second-order valence-electron chi connectivity index (χ2n) is 6.92. The molecule has 6 nitrogen and oxygen atoms in total. The van der Waals surface area contributed by atoms with Crippen molar-refractivity contribution < 1.29 is 4.79 Å². The Hall–Kier alpha value is -3.14. The van der Waals surface area contributed by atoms with Gasteiger partial charge in [0.2, 0.25) is 0 Å². The van der Waals surface area contributed by atoms with Gasteiger partial charge in [-0.1, -0.05) is 29.8 Å². The lowest BCUT2D eigenvalue weighted by Gasteiger charge is -2.30. The van der Waals surface area contributed by atoms with E-state index in [1.807, 2.05) is 41.3 Å². The lowest BCUT2D eigenvalue weighted by atomic mass is 10.1. The van der Waals surface area contributed by atoms with E-state index in [1.54, 1.807) is 24.7 Å². The fraction of sp³-hybridized carbons (Fsp3) is 0.190. The van der Waals surface area contributed by atoms with E-state index < -0.39 is 0 Å². The Morgan fingerprint density at radius 1 is 1.25 bits per heavy atom. The summed E-state index contributed by atoms with van der Waals surface area (Å²) in [7, 11) is 0. The van der Waals surface area contributed by atoms with Gasteiger partial charge in [0.1, 0.15) is 18.8 Å². The predicted molar refractivity (Wildman–Crippen MR) is 107 cm³/mol. The molecule has 140 valence electrons. The Bertz CT molecular complexity index is 1030. The molecular formula is C21H19ClN5O+. The minimum atomic E-state index is 0.0289. The summed E-state index contributed by atoms with van der Waals surface area (Å²) >= 11 is 6.24. The maximum absolute atomic E-state index is 13.6. The molecule has 1 aliphatic heterocycles. The first kappa shape index (κ1) is 18.2. The number of carbonyl (C=O) groups excluding carboxylic acids is 1. The Balaban J connectivity index is 1.70. The van der Waals surface area contributed by atoms with Gasteiger partial charge in [-0.25, -0.2) is 14.3 Å². The highest BCUT2D eigenvalue weighted by Gasteiger charge is 2.48. The third-order valence-electron chi connectivity index (χ3n) is 5.14. The molecule has 0 bridgehead atoms. The molecule has 2 aromatic carbocycles. The number of aromatic nitrogens is 2. The Morgan fingerprint density at radius 2 is 2.07 bits per heavy atom. The van der Waals surface area contributed by atoms with Crippen LogP contribution in [0, 0.1) is 11.3 Å². The molecule has 1 N–H and O–H groups in total. The molecule has 0 radical (unpaired) electrons. The minimum Gasteiger partial charge on any atom is -0.347 e. The summed E-state index contributed by atoms with van der Waals surface area (Å²) in [6.07, 6.45) is 3.35. The van der Waals surface area contributed by atoms with Crippen molar-refractivity contribution in [2.24, 2.45) is 0 Å². The molecule has 0 saturated carbocycles. The predicted octanol–water partition coefficient (Wildman–Crippen LogP) is 4.08. The molecule has 2 heterocycles. The standard InChI is InChI=1S/C21H19ClN5O/c22-18-2-1-3-20(10-18)27(14-17-6-4-16(11-23)5-7-17)9-8-26(21(27)28)13-19-12-24-15-25-19/h1-7,10,12,15H,8-9,13-14H2,(H,24,25)/q+1. The zero-order valence-electron chi connectivity index (χ0n) is 15.2. The van der Waals surface area contributed by atoms with Gasteiger partial charge in [0.25, 0.3) is 0 Å². The topological polar surface area (TPSA) is 72.8 Å². The van der Waals surface area contributed by atoms with E-state index in [4.69, 9.17) is 16.9 Å². The van der Waals surface area contributed by atoms with Crippen molar-refractivity contribution in [3.63, 3.8) is 0 Å². The highest BCUT2D eigenvalue weighted by atomic mass is 35.5. The lowest BCUT2D eigenvalue weighted by molar-refractivity contribution is 0.188. The zero-order valence-corrected chi connectivity index (χ0v) is 15.9. The number of nitrogens with zero attached hydrogens (tertiary/aromatic N) is 4. The smallest absolute Gasteiger partial charge is 0.347 e. The summed E-state index contributed by atoms with van der Waals surface area (Å²) in [5.74, 6) is 0. The fourth-order valence-corrected chi connectivity index (χ4v) is 3.88. The number of hydrogen-bond donors (Lipinski definition) is 1. The molecule has 28 heavy (non-hydrogen) atoms. The molecule has 1 saturated heterocycles. The quantitative estimate of drug-likeness (QED) is 0.665. The Morgan fingerprint density at radius 3 is 2.75 bits per heavy atom. The van der Waals surface area contributed by atoms with E-state index in [2.05, 4.69) is 16.0 Å². The van der Waals surface area contributed by atoms with Crippen LogP contribution in [-0.4, -0.2) is 34.0 Å². The van der Waals surface area contributed by atoms with Gasteiger partial charge in [0.15, 0.2) is 0 Å². The summed E-state index contributed by atoms with van der Waals surface area (Å²) in [5.41, 5.74) is 3.37. The van der Waals surface area contributed by atoms with Gasteiger partial charge in [-0.3, -0.25) is 4.90 Å². The first-order valence-electron chi connectivity index (χ1n) is 9.00. The van der Waals surface area contributed by atoms with Crippen molar-refractivity contribution in [1.29, 1.82) is 5.26 Å². The number of halogens is 1. The first-order chi connectivity index (χ1) is 13.6. The van der Waals surface area contributed by atoms with Crippen LogP contribution in [0.2, 0.25) is 5.02 Å². The van der Waals surface area contributed by atoms with Gasteiger partial charge < -0.3 is 4.98 Å². The SMILES string of the molecule is N#Cc1ccc(C[N+]2(c3cccc(Cl)c3)CCN(Cc3cnc[nH]3)C2=O)cc1. The van der Waals surface area contributed by atoms with Crippen LogP contribution in [-0.2, 0) is 13.1 Å². The number of rotatable bonds is 5. The van der Waals surface area contributed by atoms with Gasteiger partial charge in [-0.15, -0.1) is 0 Å². The van der Waals surface area contributed by atoms with Gasteiger partial charge in [-0.05, 0) is 24.3 Å². The molecular weight excluding hydrogens is 374 g/mol. The van der Waals surface area contributed by atoms with Crippen LogP contribution < -0.4 is 4.48 Å². The van der Waals surface area contributed by atoms with Crippen LogP contribution >= 0.6 is 11.6 Å². The molecule has 1 aromatic heterocycles. The summed E-state index contributed by atoms with van der Waals surface area (Å²) in [6, 6.07) is 17.1. The average Bonchev–Trinajstić information content (AvgIpc) is 3.33. The van der Waals surface area contributed by atoms with Crippen LogP contribution in [0.4, 0.5) is 10.5 Å². The number of nitrogens with one attached hydrogen (secondary N) is 1. The molecule has 0 aliphatic carbocycles. The molecule has 0 spiro atoms. The highest BCUT2D eigenvalue weighted by molar-refractivity contribution is 6.30. The van der Waals surface area contributed by atoms with Crippen molar-refractivity contribution in [3.05, 3.63) is 82.9 Å². The second-order valence-corrected chi connectivity index (χ2v) is 7.36. The van der Waals surface area contributed by atoms with E-state index in [-0.39, 0.29) is 10.5 Å². The third-order valence-corrected chi connectivity index (χ3v) is 5.38. The fourth-order valence-electron chi connectivity index (χ4n) is 3.69. The van der Waals surface area contributed by atoms with Gasteiger partial charge in [0.05, 0.1) is 36.7 Å². The van der Waals surface area contributed by atoms with E-state index in [0.717, 1.165) is 16.9 Å². The van der Waals surface area contributed by atoms with Crippen molar-refractivity contribution in [1.82, 2.24) is 19.4 Å². The minimum absolute atomic E-state index is 0.0289. The van der Waals surface area contributed by atoms with Gasteiger partial charge >= 0.3 is 6.03 Å². The van der Waals surface area contributed by atoms with Crippen molar-refractivity contribution in [2.75, 3.05) is 13.1 Å². The number of benzene rings is 2. The van der Waals surface area contributed by atoms with Crippen molar-refractivity contribution >= 4 is 23.3 Å². The maximum atomic E-state index is 13.6. The molecule has 7 heteroatoms. The van der Waals surface area contributed by atoms with E-state index in [0.29, 0.717) is 36.8 Å². The molecule has 1 atom stereocenters. The van der Waals surface area contributed by atoms with Gasteiger partial charge in [0, 0.05) is 22.8 Å². The Labute approximate surface area is 168 Å². The normalized spacial score (nSPS) is 19.0. The van der Waals surface area contributed by atoms with Crippen LogP contribution in [0.15, 0.2) is 61.1 Å². The summed E-state index contributed by atoms with van der Waals surface area (Å²) in [4.78, 5) is 22.5. The number of imidazole rings is 1. The first-order valence-corrected chi connectivity index (χ1v) is 9.37. The number of amides is 2. The van der Waals surface area contributed by atoms with Crippen molar-refractivity contribution in [3.8, 4) is 6.07 Å². The molecule has 1 fully saturated rings. The van der Waals surface area contributed by atoms with E-state index >= 15 is 0 Å². The summed E-state index contributed by atoms with van der Waals surface area (Å²) in [5, 5.41) is 9.64. The second kappa shape index (κ2) is 7.47. The van der Waals surface area contributed by atoms with E-state index in [9.17, 15) is 4.79 Å². The van der Waals surface area contributed by atoms with Crippen LogP contribution in [0.25, 0.3) is 0 Å². The van der Waals surface area contributed by atoms with E-state index in [1.165, 1.54) is 0 Å². The van der Waals surface area contributed by atoms with Crippen LogP contribution in [0.5, 0.6) is 0 Å². The number of quaternary nitrogens is 1. The largest absolute Gasteiger partial charge is 0.425 e. The van der Waals surface area contributed by atoms with Gasteiger partial charge in [-0.2, -0.15) is 5.26 Å². The lowest BCUT2D eigenvalue weighted by Crippen LogP contribution is -2.51. The monoisotopic (exact) mass is 392 g/mol. The number of carbonyl (C=O) groups is 1. The Kier molecular flexibility index (Phi) is 4.86. The van der Waals surface area contributed by atoms with Crippen LogP contribution in [0.1, 0.15) is 16.8 Å². The number of nitriles is 1. The molecule has 1 aliphatic rings.